The lowest BCUT2D eigenvalue weighted by Gasteiger charge is -2.15. The molecule has 32 heavy (non-hydrogen) atoms. The van der Waals surface area contributed by atoms with E-state index >= 15 is 0 Å². The molecule has 0 radical (unpaired) electrons. The molecule has 4 rings (SSSR count). The molecule has 3 aromatic carbocycles. The number of H-pyrrole nitrogens is 1. The van der Waals surface area contributed by atoms with Gasteiger partial charge in [-0.25, -0.2) is 0 Å². The predicted octanol–water partition coefficient (Wildman–Crippen LogP) is 5.83. The second kappa shape index (κ2) is 9.19. The SMILES string of the molecule is O=[N+]([O-])C[C@H](c1ccc(OCc2ccc([N+](=O)[O-])cc2)c(Br)c1)c1c[nH]c2ccccc12. The number of para-hydroxylation sites is 1. The van der Waals surface area contributed by atoms with E-state index in [1.807, 2.05) is 42.6 Å². The number of nitrogens with one attached hydrogen (secondary N) is 1. The Morgan fingerprint density at radius 3 is 2.44 bits per heavy atom. The minimum atomic E-state index is -0.449. The number of hydrogen-bond donors (Lipinski definition) is 1. The monoisotopic (exact) mass is 495 g/mol. The summed E-state index contributed by atoms with van der Waals surface area (Å²) in [5, 5.41) is 23.1. The van der Waals surface area contributed by atoms with Crippen LogP contribution in [0.4, 0.5) is 5.69 Å². The maximum absolute atomic E-state index is 11.4. The number of ether oxygens (including phenoxy) is 1. The van der Waals surface area contributed by atoms with E-state index in [1.165, 1.54) is 12.1 Å². The van der Waals surface area contributed by atoms with Crippen LogP contribution in [0.2, 0.25) is 0 Å². The molecule has 162 valence electrons. The summed E-state index contributed by atoms with van der Waals surface area (Å²) in [6, 6.07) is 19.3. The van der Waals surface area contributed by atoms with Crippen molar-refractivity contribution in [2.45, 2.75) is 12.5 Å². The van der Waals surface area contributed by atoms with Gasteiger partial charge in [0.1, 0.15) is 12.4 Å². The Kier molecular flexibility index (Phi) is 6.18. The second-order valence-electron chi connectivity index (χ2n) is 7.26. The van der Waals surface area contributed by atoms with Gasteiger partial charge in [-0.15, -0.1) is 0 Å². The third-order valence-corrected chi connectivity index (χ3v) is 5.85. The third kappa shape index (κ3) is 4.62. The summed E-state index contributed by atoms with van der Waals surface area (Å²) < 4.78 is 6.51. The number of nitrogens with zero attached hydrogens (tertiary/aromatic N) is 2. The van der Waals surface area contributed by atoms with Crippen molar-refractivity contribution in [3.05, 3.63) is 114 Å². The van der Waals surface area contributed by atoms with Gasteiger partial charge in [0.05, 0.1) is 15.3 Å². The molecule has 4 aromatic rings. The van der Waals surface area contributed by atoms with E-state index in [2.05, 4.69) is 20.9 Å². The van der Waals surface area contributed by atoms with Crippen molar-refractivity contribution >= 4 is 32.5 Å². The van der Waals surface area contributed by atoms with E-state index in [9.17, 15) is 20.2 Å². The average Bonchev–Trinajstić information content (AvgIpc) is 3.21. The van der Waals surface area contributed by atoms with Gasteiger partial charge in [-0.2, -0.15) is 0 Å². The van der Waals surface area contributed by atoms with E-state index in [0.29, 0.717) is 10.2 Å². The fourth-order valence-electron chi connectivity index (χ4n) is 3.64. The highest BCUT2D eigenvalue weighted by Crippen LogP contribution is 2.35. The van der Waals surface area contributed by atoms with Gasteiger partial charge in [-0.3, -0.25) is 20.2 Å². The minimum absolute atomic E-state index is 0.0217. The van der Waals surface area contributed by atoms with Crippen LogP contribution in [0, 0.1) is 20.2 Å². The molecule has 1 atom stereocenters. The quantitative estimate of drug-likeness (QED) is 0.244. The molecule has 0 spiro atoms. The van der Waals surface area contributed by atoms with Gasteiger partial charge >= 0.3 is 0 Å². The second-order valence-corrected chi connectivity index (χ2v) is 8.11. The van der Waals surface area contributed by atoms with Crippen LogP contribution >= 0.6 is 15.9 Å². The molecule has 0 saturated carbocycles. The molecule has 0 bridgehead atoms. The molecular weight excluding hydrogens is 478 g/mol. The molecule has 0 fully saturated rings. The molecule has 0 aliphatic rings. The Bertz CT molecular complexity index is 1290. The Morgan fingerprint density at radius 2 is 1.75 bits per heavy atom. The first-order chi connectivity index (χ1) is 15.4. The van der Waals surface area contributed by atoms with Crippen LogP contribution in [0.1, 0.15) is 22.6 Å². The lowest BCUT2D eigenvalue weighted by Crippen LogP contribution is -2.14. The van der Waals surface area contributed by atoms with Gasteiger partial charge in [-0.05, 0) is 63.0 Å². The number of halogens is 1. The molecular formula is C23H18BrN3O5. The molecule has 0 aliphatic carbocycles. The van der Waals surface area contributed by atoms with Gasteiger partial charge in [0.15, 0.2) is 0 Å². The van der Waals surface area contributed by atoms with Crippen molar-refractivity contribution in [3.8, 4) is 5.75 Å². The van der Waals surface area contributed by atoms with E-state index < -0.39 is 10.8 Å². The number of non-ortho nitro benzene ring substituents is 1. The molecule has 0 aliphatic heterocycles. The number of benzene rings is 3. The highest BCUT2D eigenvalue weighted by molar-refractivity contribution is 9.10. The van der Waals surface area contributed by atoms with Crippen molar-refractivity contribution in [1.29, 1.82) is 0 Å². The number of fused-ring (bicyclic) bond motifs is 1. The van der Waals surface area contributed by atoms with E-state index in [1.54, 1.807) is 18.2 Å². The van der Waals surface area contributed by atoms with Crippen molar-refractivity contribution in [2.24, 2.45) is 0 Å². The van der Waals surface area contributed by atoms with Gasteiger partial charge in [0, 0.05) is 34.2 Å². The minimum Gasteiger partial charge on any atom is -0.488 e. The van der Waals surface area contributed by atoms with Crippen molar-refractivity contribution in [3.63, 3.8) is 0 Å². The molecule has 9 heteroatoms. The van der Waals surface area contributed by atoms with Crippen molar-refractivity contribution in [2.75, 3.05) is 6.54 Å². The Morgan fingerprint density at radius 1 is 1.00 bits per heavy atom. The first-order valence-electron chi connectivity index (χ1n) is 9.76. The zero-order chi connectivity index (χ0) is 22.7. The zero-order valence-electron chi connectivity index (χ0n) is 16.7. The van der Waals surface area contributed by atoms with Crippen LogP contribution in [-0.2, 0) is 6.61 Å². The van der Waals surface area contributed by atoms with Crippen molar-refractivity contribution < 1.29 is 14.6 Å². The number of aromatic amines is 1. The van der Waals surface area contributed by atoms with E-state index in [4.69, 9.17) is 4.74 Å². The first kappa shape index (κ1) is 21.5. The van der Waals surface area contributed by atoms with Crippen LogP contribution in [0.25, 0.3) is 10.9 Å². The molecule has 1 heterocycles. The van der Waals surface area contributed by atoms with Crippen LogP contribution in [0.5, 0.6) is 5.75 Å². The number of aromatic nitrogens is 1. The summed E-state index contributed by atoms with van der Waals surface area (Å²) in [7, 11) is 0. The fourth-order valence-corrected chi connectivity index (χ4v) is 4.15. The van der Waals surface area contributed by atoms with E-state index in [0.717, 1.165) is 27.6 Å². The Labute approximate surface area is 191 Å². The maximum atomic E-state index is 11.4. The summed E-state index contributed by atoms with van der Waals surface area (Å²) in [6.07, 6.45) is 1.83. The molecule has 1 N–H and O–H groups in total. The number of rotatable bonds is 8. The largest absolute Gasteiger partial charge is 0.488 e. The number of nitro groups is 2. The van der Waals surface area contributed by atoms with Gasteiger partial charge in [0.25, 0.3) is 5.69 Å². The van der Waals surface area contributed by atoms with Gasteiger partial charge < -0.3 is 9.72 Å². The third-order valence-electron chi connectivity index (χ3n) is 5.23. The van der Waals surface area contributed by atoms with Crippen molar-refractivity contribution in [1.82, 2.24) is 4.98 Å². The maximum Gasteiger partial charge on any atom is 0.269 e. The molecule has 1 aromatic heterocycles. The van der Waals surface area contributed by atoms with Crippen LogP contribution < -0.4 is 4.74 Å². The number of nitro benzene ring substituents is 1. The summed E-state index contributed by atoms with van der Waals surface area (Å²) in [5.74, 6) is 0.145. The summed E-state index contributed by atoms with van der Waals surface area (Å²) in [4.78, 5) is 24.6. The number of hydrogen-bond acceptors (Lipinski definition) is 5. The van der Waals surface area contributed by atoms with Crippen LogP contribution in [0.15, 0.2) is 77.4 Å². The van der Waals surface area contributed by atoms with Crippen LogP contribution in [0.3, 0.4) is 0 Å². The Hall–Kier alpha value is -3.72. The zero-order valence-corrected chi connectivity index (χ0v) is 18.3. The molecule has 0 saturated heterocycles. The van der Waals surface area contributed by atoms with E-state index in [-0.39, 0.29) is 23.8 Å². The molecule has 0 unspecified atom stereocenters. The molecule has 8 nitrogen and oxygen atoms in total. The first-order valence-corrected chi connectivity index (χ1v) is 10.5. The topological polar surface area (TPSA) is 111 Å². The fraction of sp³-hybridized carbons (Fsp3) is 0.130. The highest BCUT2D eigenvalue weighted by Gasteiger charge is 2.24. The highest BCUT2D eigenvalue weighted by atomic mass is 79.9. The predicted molar refractivity (Wildman–Crippen MR) is 124 cm³/mol. The normalized spacial score (nSPS) is 11.9. The van der Waals surface area contributed by atoms with Crippen LogP contribution in [-0.4, -0.2) is 21.4 Å². The summed E-state index contributed by atoms with van der Waals surface area (Å²) in [5.41, 5.74) is 3.40. The smallest absolute Gasteiger partial charge is 0.269 e. The lowest BCUT2D eigenvalue weighted by atomic mass is 9.91. The molecule has 0 amide bonds. The summed E-state index contributed by atoms with van der Waals surface area (Å²) in [6.45, 7) is -0.00595. The Balaban J connectivity index is 1.57. The average molecular weight is 496 g/mol. The lowest BCUT2D eigenvalue weighted by molar-refractivity contribution is -0.481. The standard InChI is InChI=1S/C23H18BrN3O5/c24-21-11-16(7-10-23(21)32-14-15-5-8-17(9-6-15)27(30)31)20(13-26(28)29)19-12-25-22-4-2-1-3-18(19)22/h1-12,20,25H,13-14H2/t20-/m1/s1. The van der Waals surface area contributed by atoms with Gasteiger partial charge in [0.2, 0.25) is 6.54 Å². The van der Waals surface area contributed by atoms with Gasteiger partial charge in [-0.1, -0.05) is 24.3 Å². The summed E-state index contributed by atoms with van der Waals surface area (Å²) >= 11 is 3.51.